The molecule has 0 aromatic heterocycles. The smallest absolute Gasteiger partial charge is 0.242 e. The molecule has 0 N–H and O–H groups in total. The molecule has 1 aromatic carbocycles. The van der Waals surface area contributed by atoms with Crippen LogP contribution in [-0.2, 0) is 10.0 Å². The zero-order valence-electron chi connectivity index (χ0n) is 10.6. The number of sulfonamides is 1. The van der Waals surface area contributed by atoms with Gasteiger partial charge in [0.2, 0.25) is 10.0 Å². The highest BCUT2D eigenvalue weighted by Crippen LogP contribution is 2.19. The van der Waals surface area contributed by atoms with Crippen molar-refractivity contribution in [2.24, 2.45) is 5.92 Å². The Kier molecular flexibility index (Phi) is 4.70. The largest absolute Gasteiger partial charge is 0.497 e. The third-order valence-electron chi connectivity index (χ3n) is 2.52. The first-order chi connectivity index (χ1) is 8.41. The van der Waals surface area contributed by atoms with E-state index in [-0.39, 0.29) is 17.4 Å². The van der Waals surface area contributed by atoms with Gasteiger partial charge in [0.05, 0.1) is 24.0 Å². The second-order valence-corrected chi connectivity index (χ2v) is 6.04. The lowest BCUT2D eigenvalue weighted by Gasteiger charge is -2.18. The predicted molar refractivity (Wildman–Crippen MR) is 67.6 cm³/mol. The Morgan fingerprint density at radius 2 is 1.94 bits per heavy atom. The second kappa shape index (κ2) is 5.85. The topological polar surface area (TPSA) is 70.4 Å². The second-order valence-electron chi connectivity index (χ2n) is 3.99. The fourth-order valence-corrected chi connectivity index (χ4v) is 2.71. The van der Waals surface area contributed by atoms with E-state index < -0.39 is 10.0 Å². The Morgan fingerprint density at radius 3 is 2.39 bits per heavy atom. The van der Waals surface area contributed by atoms with E-state index >= 15 is 0 Å². The molecule has 0 heterocycles. The van der Waals surface area contributed by atoms with Crippen molar-refractivity contribution in [3.05, 3.63) is 24.3 Å². The van der Waals surface area contributed by atoms with E-state index in [4.69, 9.17) is 10.00 Å². The van der Waals surface area contributed by atoms with Crippen LogP contribution in [0, 0.1) is 17.2 Å². The van der Waals surface area contributed by atoms with Crippen molar-refractivity contribution >= 4 is 10.0 Å². The van der Waals surface area contributed by atoms with Crippen LogP contribution in [0.5, 0.6) is 5.75 Å². The molecule has 1 atom stereocenters. The number of hydrogen-bond donors (Lipinski definition) is 0. The van der Waals surface area contributed by atoms with Crippen LogP contribution in [0.1, 0.15) is 6.92 Å². The van der Waals surface area contributed by atoms with Crippen LogP contribution in [0.2, 0.25) is 0 Å². The van der Waals surface area contributed by atoms with Crippen LogP contribution in [0.25, 0.3) is 0 Å². The van der Waals surface area contributed by atoms with Crippen molar-refractivity contribution in [2.75, 3.05) is 20.7 Å². The van der Waals surface area contributed by atoms with E-state index in [9.17, 15) is 8.42 Å². The maximum absolute atomic E-state index is 12.2. The summed E-state index contributed by atoms with van der Waals surface area (Å²) >= 11 is 0. The number of methoxy groups -OCH3 is 1. The zero-order valence-corrected chi connectivity index (χ0v) is 11.4. The van der Waals surface area contributed by atoms with Gasteiger partial charge in [-0.1, -0.05) is 0 Å². The molecule has 98 valence electrons. The summed E-state index contributed by atoms with van der Waals surface area (Å²) in [5.74, 6) is 0.255. The minimum atomic E-state index is -3.54. The fourth-order valence-electron chi connectivity index (χ4n) is 1.45. The van der Waals surface area contributed by atoms with Gasteiger partial charge in [0.15, 0.2) is 0 Å². The molecule has 0 aliphatic heterocycles. The Labute approximate surface area is 108 Å². The molecular weight excluding hydrogens is 252 g/mol. The monoisotopic (exact) mass is 268 g/mol. The van der Waals surface area contributed by atoms with Crippen molar-refractivity contribution in [3.63, 3.8) is 0 Å². The Morgan fingerprint density at radius 1 is 1.39 bits per heavy atom. The standard InChI is InChI=1S/C12H16N2O3S/c1-10(8-13)9-14(2)18(15,16)12-6-4-11(17-3)5-7-12/h4-7,10H,9H2,1-3H3. The summed E-state index contributed by atoms with van der Waals surface area (Å²) in [6, 6.07) is 8.17. The molecule has 0 aliphatic carbocycles. The number of benzene rings is 1. The zero-order chi connectivity index (χ0) is 13.8. The van der Waals surface area contributed by atoms with Crippen LogP contribution >= 0.6 is 0 Å². The highest BCUT2D eigenvalue weighted by molar-refractivity contribution is 7.89. The number of hydrogen-bond acceptors (Lipinski definition) is 4. The number of nitriles is 1. The quantitative estimate of drug-likeness (QED) is 0.811. The summed E-state index contributed by atoms with van der Waals surface area (Å²) in [4.78, 5) is 0.191. The average molecular weight is 268 g/mol. The molecule has 1 aromatic rings. The minimum absolute atomic E-state index is 0.171. The van der Waals surface area contributed by atoms with Gasteiger partial charge >= 0.3 is 0 Å². The highest BCUT2D eigenvalue weighted by Gasteiger charge is 2.22. The summed E-state index contributed by atoms with van der Waals surface area (Å²) < 4.78 is 30.5. The van der Waals surface area contributed by atoms with Gasteiger partial charge in [0, 0.05) is 13.6 Å². The molecule has 18 heavy (non-hydrogen) atoms. The van der Waals surface area contributed by atoms with Gasteiger partial charge in [-0.05, 0) is 31.2 Å². The Bertz CT molecular complexity index is 531. The first-order valence-corrected chi connectivity index (χ1v) is 6.86. The van der Waals surface area contributed by atoms with Gasteiger partial charge in [0.25, 0.3) is 0 Å². The van der Waals surface area contributed by atoms with E-state index in [2.05, 4.69) is 0 Å². The average Bonchev–Trinajstić information content (AvgIpc) is 2.38. The lowest BCUT2D eigenvalue weighted by Crippen LogP contribution is -2.30. The van der Waals surface area contributed by atoms with Gasteiger partial charge in [-0.3, -0.25) is 0 Å². The van der Waals surface area contributed by atoms with E-state index in [1.807, 2.05) is 6.07 Å². The molecule has 6 heteroatoms. The van der Waals surface area contributed by atoms with Gasteiger partial charge in [-0.15, -0.1) is 0 Å². The van der Waals surface area contributed by atoms with Gasteiger partial charge in [0.1, 0.15) is 5.75 Å². The molecular formula is C12H16N2O3S. The number of ether oxygens (including phenoxy) is 1. The molecule has 0 bridgehead atoms. The maximum Gasteiger partial charge on any atom is 0.242 e. The molecule has 0 fully saturated rings. The van der Waals surface area contributed by atoms with Gasteiger partial charge < -0.3 is 4.74 Å². The Balaban J connectivity index is 2.95. The molecule has 0 saturated carbocycles. The van der Waals surface area contributed by atoms with Crippen LogP contribution < -0.4 is 4.74 Å². The molecule has 0 spiro atoms. The third kappa shape index (κ3) is 3.22. The molecule has 1 rings (SSSR count). The molecule has 5 nitrogen and oxygen atoms in total. The minimum Gasteiger partial charge on any atom is -0.497 e. The SMILES string of the molecule is COc1ccc(S(=O)(=O)N(C)CC(C)C#N)cc1. The first kappa shape index (κ1) is 14.5. The van der Waals surface area contributed by atoms with Gasteiger partial charge in [-0.2, -0.15) is 9.57 Å². The van der Waals surface area contributed by atoms with Crippen molar-refractivity contribution in [2.45, 2.75) is 11.8 Å². The van der Waals surface area contributed by atoms with Crippen molar-refractivity contribution in [3.8, 4) is 11.8 Å². The highest BCUT2D eigenvalue weighted by atomic mass is 32.2. The van der Waals surface area contributed by atoms with E-state index in [1.54, 1.807) is 19.1 Å². The van der Waals surface area contributed by atoms with Gasteiger partial charge in [-0.25, -0.2) is 8.42 Å². The summed E-state index contributed by atoms with van der Waals surface area (Å²) in [7, 11) is -0.559. The van der Waals surface area contributed by atoms with Crippen LogP contribution in [0.3, 0.4) is 0 Å². The fraction of sp³-hybridized carbons (Fsp3) is 0.417. The molecule has 1 unspecified atom stereocenters. The maximum atomic E-state index is 12.2. The lowest BCUT2D eigenvalue weighted by molar-refractivity contribution is 0.414. The summed E-state index contributed by atoms with van der Waals surface area (Å²) in [5, 5.41) is 8.70. The number of rotatable bonds is 5. The van der Waals surface area contributed by atoms with Crippen molar-refractivity contribution in [1.82, 2.24) is 4.31 Å². The van der Waals surface area contributed by atoms with Crippen molar-refractivity contribution in [1.29, 1.82) is 5.26 Å². The molecule has 0 amide bonds. The summed E-state index contributed by atoms with van der Waals surface area (Å²) in [5.41, 5.74) is 0. The van der Waals surface area contributed by atoms with Crippen LogP contribution in [-0.4, -0.2) is 33.4 Å². The van der Waals surface area contributed by atoms with Crippen molar-refractivity contribution < 1.29 is 13.2 Å². The first-order valence-electron chi connectivity index (χ1n) is 5.42. The van der Waals surface area contributed by atoms with E-state index in [0.717, 1.165) is 0 Å². The van der Waals surface area contributed by atoms with Crippen LogP contribution in [0.15, 0.2) is 29.2 Å². The molecule has 0 aliphatic rings. The Hall–Kier alpha value is -1.58. The third-order valence-corrected chi connectivity index (χ3v) is 4.36. The summed E-state index contributed by atoms with van der Waals surface area (Å²) in [6.45, 7) is 1.85. The van der Waals surface area contributed by atoms with Crippen LogP contribution in [0.4, 0.5) is 0 Å². The lowest BCUT2D eigenvalue weighted by atomic mass is 10.2. The predicted octanol–water partition coefficient (Wildman–Crippen LogP) is 1.48. The normalized spacial score (nSPS) is 13.1. The molecule has 0 radical (unpaired) electrons. The van der Waals surface area contributed by atoms with E-state index in [1.165, 1.54) is 30.6 Å². The molecule has 0 saturated heterocycles. The van der Waals surface area contributed by atoms with E-state index in [0.29, 0.717) is 5.75 Å². The number of nitrogens with zero attached hydrogens (tertiary/aromatic N) is 2. The summed E-state index contributed by atoms with van der Waals surface area (Å²) in [6.07, 6.45) is 0.